The summed E-state index contributed by atoms with van der Waals surface area (Å²) in [6.45, 7) is 2.56. The molecular weight excluding hydrogens is 398 g/mol. The van der Waals surface area contributed by atoms with E-state index in [1.807, 2.05) is 0 Å². The number of unbranched alkanes of at least 4 members (excludes halogenated alkanes) is 6. The summed E-state index contributed by atoms with van der Waals surface area (Å²) in [7, 11) is 0. The van der Waals surface area contributed by atoms with Crippen LogP contribution in [-0.4, -0.2) is 23.5 Å². The van der Waals surface area contributed by atoms with Crippen LogP contribution < -0.4 is 0 Å². The molecule has 0 bridgehead atoms. The number of nitro benzene ring substituents is 1. The molecule has 0 spiro atoms. The minimum absolute atomic E-state index is 0.00873. The molecule has 0 heterocycles. The Kier molecular flexibility index (Phi) is 12.7. The number of esters is 2. The Balaban J connectivity index is 2.05. The maximum atomic E-state index is 11.8. The maximum Gasteiger partial charge on any atom is 0.306 e. The number of nitro groups is 1. The number of carbonyl (C=O) groups excluding carboxylic acids is 2. The quantitative estimate of drug-likeness (QED) is 0.153. The first-order valence-electron chi connectivity index (χ1n) is 10.2. The topological polar surface area (TPSA) is 95.7 Å². The molecule has 1 aromatic rings. The summed E-state index contributed by atoms with van der Waals surface area (Å²) < 4.78 is 10.3. The predicted molar refractivity (Wildman–Crippen MR) is 111 cm³/mol. The first-order valence-corrected chi connectivity index (χ1v) is 10.6. The average Bonchev–Trinajstić information content (AvgIpc) is 2.69. The smallest absolute Gasteiger partial charge is 0.306 e. The number of ether oxygens (including phenoxy) is 2. The van der Waals surface area contributed by atoms with Crippen molar-refractivity contribution in [1.29, 1.82) is 0 Å². The van der Waals surface area contributed by atoms with Crippen molar-refractivity contribution in [3.8, 4) is 0 Å². The lowest BCUT2D eigenvalue weighted by atomic mass is 10.1. The summed E-state index contributed by atoms with van der Waals surface area (Å²) >= 11 is 5.75. The molecule has 0 aliphatic heterocycles. The van der Waals surface area contributed by atoms with Crippen LogP contribution in [0.3, 0.4) is 0 Å². The SMILES string of the molecule is CCCCOC(=O)CCCCCCCCC(=O)OCc1ccc(Cl)c([N+](=O)[O-])c1. The van der Waals surface area contributed by atoms with Gasteiger partial charge in [-0.05, 0) is 30.9 Å². The fraction of sp³-hybridized carbons (Fsp3) is 0.619. The molecule has 0 fully saturated rings. The molecule has 0 saturated carbocycles. The third-order valence-corrected chi connectivity index (χ3v) is 4.70. The molecule has 7 nitrogen and oxygen atoms in total. The van der Waals surface area contributed by atoms with E-state index in [1.165, 1.54) is 12.1 Å². The van der Waals surface area contributed by atoms with Gasteiger partial charge in [0.05, 0.1) is 11.5 Å². The van der Waals surface area contributed by atoms with Crippen LogP contribution in [0.2, 0.25) is 5.02 Å². The maximum absolute atomic E-state index is 11.8. The number of benzene rings is 1. The Labute approximate surface area is 176 Å². The van der Waals surface area contributed by atoms with Crippen molar-refractivity contribution in [3.05, 3.63) is 38.9 Å². The first-order chi connectivity index (χ1) is 13.9. The molecule has 0 saturated heterocycles. The van der Waals surface area contributed by atoms with Gasteiger partial charge in [-0.25, -0.2) is 0 Å². The van der Waals surface area contributed by atoms with Gasteiger partial charge in [-0.15, -0.1) is 0 Å². The standard InChI is InChI=1S/C21H30ClNO6/c1-2-3-14-28-20(24)10-8-6-4-5-7-9-11-21(25)29-16-17-12-13-18(22)19(15-17)23(26)27/h12-13,15H,2-11,14,16H2,1H3. The van der Waals surface area contributed by atoms with E-state index in [2.05, 4.69) is 6.92 Å². The van der Waals surface area contributed by atoms with E-state index in [4.69, 9.17) is 21.1 Å². The Morgan fingerprint density at radius 3 is 2.14 bits per heavy atom. The van der Waals surface area contributed by atoms with E-state index in [0.29, 0.717) is 25.0 Å². The molecule has 1 rings (SSSR count). The molecule has 0 aromatic heterocycles. The second kappa shape index (κ2) is 14.8. The minimum Gasteiger partial charge on any atom is -0.466 e. The molecule has 0 aliphatic carbocycles. The second-order valence-corrected chi connectivity index (χ2v) is 7.31. The van der Waals surface area contributed by atoms with Crippen LogP contribution in [0.25, 0.3) is 0 Å². The zero-order valence-electron chi connectivity index (χ0n) is 17.0. The van der Waals surface area contributed by atoms with Gasteiger partial charge in [0, 0.05) is 18.9 Å². The highest BCUT2D eigenvalue weighted by Crippen LogP contribution is 2.25. The van der Waals surface area contributed by atoms with E-state index in [-0.39, 0.29) is 29.3 Å². The highest BCUT2D eigenvalue weighted by atomic mass is 35.5. The lowest BCUT2D eigenvalue weighted by molar-refractivity contribution is -0.384. The lowest BCUT2D eigenvalue weighted by Gasteiger charge is -2.06. The molecule has 29 heavy (non-hydrogen) atoms. The zero-order valence-corrected chi connectivity index (χ0v) is 17.7. The molecule has 1 aromatic carbocycles. The minimum atomic E-state index is -0.566. The lowest BCUT2D eigenvalue weighted by Crippen LogP contribution is -2.05. The van der Waals surface area contributed by atoms with E-state index < -0.39 is 4.92 Å². The van der Waals surface area contributed by atoms with Gasteiger partial charge in [0.1, 0.15) is 11.6 Å². The first kappa shape index (κ1) is 24.9. The summed E-state index contributed by atoms with van der Waals surface area (Å²) in [6.07, 6.45) is 8.20. The highest BCUT2D eigenvalue weighted by Gasteiger charge is 2.13. The van der Waals surface area contributed by atoms with Crippen molar-refractivity contribution >= 4 is 29.2 Å². The molecular formula is C21H30ClNO6. The highest BCUT2D eigenvalue weighted by molar-refractivity contribution is 6.32. The van der Waals surface area contributed by atoms with Crippen molar-refractivity contribution in [3.63, 3.8) is 0 Å². The summed E-state index contributed by atoms with van der Waals surface area (Å²) in [6, 6.07) is 4.34. The predicted octanol–water partition coefficient (Wildman–Crippen LogP) is 5.76. The van der Waals surface area contributed by atoms with E-state index in [9.17, 15) is 19.7 Å². The summed E-state index contributed by atoms with van der Waals surface area (Å²) in [5, 5.41) is 10.9. The fourth-order valence-corrected chi connectivity index (χ4v) is 2.86. The van der Waals surface area contributed by atoms with Gasteiger partial charge in [-0.1, -0.05) is 56.7 Å². The van der Waals surface area contributed by atoms with Crippen LogP contribution in [0.5, 0.6) is 0 Å². The largest absolute Gasteiger partial charge is 0.466 e. The normalized spacial score (nSPS) is 10.6. The molecule has 0 amide bonds. The molecule has 0 aliphatic rings. The van der Waals surface area contributed by atoms with Crippen molar-refractivity contribution in [1.82, 2.24) is 0 Å². The number of nitrogens with zero attached hydrogens (tertiary/aromatic N) is 1. The Bertz CT molecular complexity index is 665. The third kappa shape index (κ3) is 11.4. The van der Waals surface area contributed by atoms with Gasteiger partial charge >= 0.3 is 11.9 Å². The zero-order chi connectivity index (χ0) is 21.5. The van der Waals surface area contributed by atoms with Gasteiger partial charge in [0.25, 0.3) is 5.69 Å². The fourth-order valence-electron chi connectivity index (χ4n) is 2.67. The van der Waals surface area contributed by atoms with Crippen LogP contribution in [0, 0.1) is 10.1 Å². The van der Waals surface area contributed by atoms with Gasteiger partial charge in [-0.2, -0.15) is 0 Å². The summed E-state index contributed by atoms with van der Waals surface area (Å²) in [4.78, 5) is 33.5. The molecule has 8 heteroatoms. The van der Waals surface area contributed by atoms with Crippen LogP contribution in [0.15, 0.2) is 18.2 Å². The van der Waals surface area contributed by atoms with Crippen molar-refractivity contribution in [2.24, 2.45) is 0 Å². The van der Waals surface area contributed by atoms with Crippen molar-refractivity contribution < 1.29 is 24.0 Å². The van der Waals surface area contributed by atoms with Gasteiger partial charge in [-0.3, -0.25) is 19.7 Å². The van der Waals surface area contributed by atoms with Gasteiger partial charge in [0.2, 0.25) is 0 Å². The van der Waals surface area contributed by atoms with Crippen molar-refractivity contribution in [2.45, 2.75) is 77.7 Å². The Morgan fingerprint density at radius 1 is 0.966 bits per heavy atom. The second-order valence-electron chi connectivity index (χ2n) is 6.90. The van der Waals surface area contributed by atoms with E-state index in [0.717, 1.165) is 51.4 Å². The average molecular weight is 428 g/mol. The molecule has 0 radical (unpaired) electrons. The molecule has 0 atom stereocenters. The van der Waals surface area contributed by atoms with E-state index in [1.54, 1.807) is 6.07 Å². The van der Waals surface area contributed by atoms with Gasteiger partial charge in [0.15, 0.2) is 0 Å². The number of carbonyl (C=O) groups is 2. The van der Waals surface area contributed by atoms with Crippen LogP contribution in [0.4, 0.5) is 5.69 Å². The van der Waals surface area contributed by atoms with E-state index >= 15 is 0 Å². The molecule has 0 unspecified atom stereocenters. The van der Waals surface area contributed by atoms with Crippen molar-refractivity contribution in [2.75, 3.05) is 6.61 Å². The Hall–Kier alpha value is -2.15. The van der Waals surface area contributed by atoms with Gasteiger partial charge < -0.3 is 9.47 Å². The molecule has 162 valence electrons. The monoisotopic (exact) mass is 427 g/mol. The van der Waals surface area contributed by atoms with Crippen LogP contribution in [0.1, 0.15) is 76.7 Å². The summed E-state index contributed by atoms with van der Waals surface area (Å²) in [5.74, 6) is -0.440. The van der Waals surface area contributed by atoms with Crippen LogP contribution in [-0.2, 0) is 25.7 Å². The Morgan fingerprint density at radius 2 is 1.55 bits per heavy atom. The number of hydrogen-bond donors (Lipinski definition) is 0. The molecule has 0 N–H and O–H groups in total. The van der Waals surface area contributed by atoms with Crippen LogP contribution >= 0.6 is 11.6 Å². The number of halogens is 1. The number of hydrogen-bond acceptors (Lipinski definition) is 6. The number of rotatable bonds is 15. The summed E-state index contributed by atoms with van der Waals surface area (Å²) in [5.41, 5.74) is 0.331. The third-order valence-electron chi connectivity index (χ3n) is 4.38.